The molecule has 0 atom stereocenters. The zero-order valence-electron chi connectivity index (χ0n) is 13.6. The Morgan fingerprint density at radius 2 is 1.77 bits per heavy atom. The molecule has 0 aromatic heterocycles. The first-order valence-electron chi connectivity index (χ1n) is 7.70. The van der Waals surface area contributed by atoms with E-state index in [9.17, 15) is 4.79 Å². The van der Waals surface area contributed by atoms with E-state index in [0.29, 0.717) is 44.7 Å². The minimum Gasteiger partial charge on any atom is -0.456 e. The molecule has 0 amide bonds. The Bertz CT molecular complexity index is 1120. The molecule has 0 spiro atoms. The quantitative estimate of drug-likeness (QED) is 0.315. The molecule has 1 aliphatic heterocycles. The van der Waals surface area contributed by atoms with Gasteiger partial charge in [0.15, 0.2) is 5.75 Å². The van der Waals surface area contributed by atoms with E-state index in [1.165, 1.54) is 0 Å². The van der Waals surface area contributed by atoms with E-state index in [-0.39, 0.29) is 12.4 Å². The first-order valence-corrected chi connectivity index (χ1v) is 7.70. The number of anilines is 1. The number of benzene rings is 3. The lowest BCUT2D eigenvalue weighted by atomic mass is 10.1. The number of nitrogens with two attached hydrogens (primary N) is 1. The molecular formula is C20H15ClN2O3. The lowest BCUT2D eigenvalue weighted by Crippen LogP contribution is -2.10. The molecule has 5 nitrogen and oxygen atoms in total. The van der Waals surface area contributed by atoms with Crippen LogP contribution in [0.5, 0.6) is 5.75 Å². The average Bonchev–Trinajstić information content (AvgIpc) is 2.61. The summed E-state index contributed by atoms with van der Waals surface area (Å²) < 4.78 is 11.6. The SMILES string of the molecule is Cl.N=c1ccc2c(OC(=O)c3ccccc3)c3ccc(N)cc3oc-2c1. The number of rotatable bonds is 2. The van der Waals surface area contributed by atoms with Gasteiger partial charge in [-0.25, -0.2) is 4.79 Å². The summed E-state index contributed by atoms with van der Waals surface area (Å²) in [7, 11) is 0. The van der Waals surface area contributed by atoms with E-state index in [1.54, 1.807) is 60.7 Å². The molecule has 1 heterocycles. The minimum atomic E-state index is -0.457. The number of ether oxygens (including phenoxy) is 1. The number of nitrogen functional groups attached to an aromatic ring is 1. The third-order valence-corrected chi connectivity index (χ3v) is 3.90. The zero-order chi connectivity index (χ0) is 17.4. The second-order valence-corrected chi connectivity index (χ2v) is 5.65. The second kappa shape index (κ2) is 6.90. The Kier molecular flexibility index (Phi) is 4.65. The zero-order valence-corrected chi connectivity index (χ0v) is 14.4. The third kappa shape index (κ3) is 3.12. The summed E-state index contributed by atoms with van der Waals surface area (Å²) in [6.07, 6.45) is 0. The van der Waals surface area contributed by atoms with Gasteiger partial charge in [0, 0.05) is 17.8 Å². The molecule has 4 rings (SSSR count). The highest BCUT2D eigenvalue weighted by atomic mass is 35.5. The lowest BCUT2D eigenvalue weighted by molar-refractivity contribution is 0.0737. The van der Waals surface area contributed by atoms with Crippen molar-refractivity contribution in [3.05, 3.63) is 77.7 Å². The van der Waals surface area contributed by atoms with Crippen molar-refractivity contribution in [2.45, 2.75) is 0 Å². The predicted molar refractivity (Wildman–Crippen MR) is 102 cm³/mol. The minimum absolute atomic E-state index is 0. The van der Waals surface area contributed by atoms with Crippen molar-refractivity contribution < 1.29 is 13.9 Å². The van der Waals surface area contributed by atoms with Gasteiger partial charge in [-0.15, -0.1) is 12.4 Å². The number of halogens is 1. The van der Waals surface area contributed by atoms with Crippen LogP contribution in [0.4, 0.5) is 5.69 Å². The molecular weight excluding hydrogens is 352 g/mol. The summed E-state index contributed by atoms with van der Waals surface area (Å²) in [6, 6.07) is 18.9. The maximum atomic E-state index is 12.5. The molecule has 2 aromatic carbocycles. The Balaban J connectivity index is 0.00000196. The fourth-order valence-electron chi connectivity index (χ4n) is 2.70. The van der Waals surface area contributed by atoms with E-state index >= 15 is 0 Å². The Morgan fingerprint density at radius 1 is 1.00 bits per heavy atom. The summed E-state index contributed by atoms with van der Waals surface area (Å²) in [5.74, 6) is 0.396. The standard InChI is InChI=1S/C20H14N2O3.ClH/c21-13-6-8-15-17(10-13)24-18-11-14(22)7-9-16(18)19(15)25-20(23)12-4-2-1-3-5-12;/h1-11,21H,22H2;1H. The third-order valence-electron chi connectivity index (χ3n) is 3.90. The lowest BCUT2D eigenvalue weighted by Gasteiger charge is -2.15. The average molecular weight is 367 g/mol. The normalized spacial score (nSPS) is 10.5. The molecule has 0 saturated carbocycles. The summed E-state index contributed by atoms with van der Waals surface area (Å²) in [6.45, 7) is 0. The van der Waals surface area contributed by atoms with Crippen molar-refractivity contribution in [3.63, 3.8) is 0 Å². The van der Waals surface area contributed by atoms with E-state index in [2.05, 4.69) is 0 Å². The summed E-state index contributed by atoms with van der Waals surface area (Å²) in [4.78, 5) is 12.5. The van der Waals surface area contributed by atoms with Crippen LogP contribution in [0.3, 0.4) is 0 Å². The van der Waals surface area contributed by atoms with Crippen LogP contribution in [0.25, 0.3) is 22.3 Å². The highest BCUT2D eigenvalue weighted by molar-refractivity contribution is 5.98. The first kappa shape index (κ1) is 17.5. The number of nitrogens with one attached hydrogen (secondary N) is 1. The molecule has 130 valence electrons. The Labute approximate surface area is 155 Å². The summed E-state index contributed by atoms with van der Waals surface area (Å²) in [5.41, 5.74) is 7.95. The van der Waals surface area contributed by atoms with Crippen molar-refractivity contribution in [2.75, 3.05) is 5.73 Å². The topological polar surface area (TPSA) is 89.3 Å². The van der Waals surface area contributed by atoms with Gasteiger partial charge in [-0.2, -0.15) is 0 Å². The molecule has 6 heteroatoms. The maximum Gasteiger partial charge on any atom is 0.343 e. The van der Waals surface area contributed by atoms with Crippen LogP contribution in [-0.2, 0) is 0 Å². The van der Waals surface area contributed by atoms with Gasteiger partial charge in [0.25, 0.3) is 0 Å². The number of carbonyl (C=O) groups is 1. The van der Waals surface area contributed by atoms with Crippen molar-refractivity contribution in [2.24, 2.45) is 0 Å². The smallest absolute Gasteiger partial charge is 0.343 e. The number of esters is 1. The van der Waals surface area contributed by atoms with E-state index < -0.39 is 5.97 Å². The molecule has 2 aromatic rings. The second-order valence-electron chi connectivity index (χ2n) is 5.65. The van der Waals surface area contributed by atoms with Crippen LogP contribution in [-0.4, -0.2) is 5.97 Å². The van der Waals surface area contributed by atoms with Gasteiger partial charge >= 0.3 is 5.97 Å². The van der Waals surface area contributed by atoms with Crippen LogP contribution < -0.4 is 15.8 Å². The van der Waals surface area contributed by atoms with Crippen LogP contribution >= 0.6 is 12.4 Å². The monoisotopic (exact) mass is 366 g/mol. The van der Waals surface area contributed by atoms with Crippen LogP contribution in [0.2, 0.25) is 0 Å². The van der Waals surface area contributed by atoms with Gasteiger partial charge in [-0.05, 0) is 36.4 Å². The van der Waals surface area contributed by atoms with Gasteiger partial charge in [-0.3, -0.25) is 0 Å². The molecule has 1 aliphatic carbocycles. The fraction of sp³-hybridized carbons (Fsp3) is 0. The molecule has 0 radical (unpaired) electrons. The number of hydrogen-bond acceptors (Lipinski definition) is 5. The Morgan fingerprint density at radius 3 is 2.54 bits per heavy atom. The first-order chi connectivity index (χ1) is 12.1. The summed E-state index contributed by atoms with van der Waals surface area (Å²) >= 11 is 0. The van der Waals surface area contributed by atoms with Crippen LogP contribution in [0, 0.1) is 5.41 Å². The van der Waals surface area contributed by atoms with E-state index in [4.69, 9.17) is 20.3 Å². The van der Waals surface area contributed by atoms with Gasteiger partial charge in [-0.1, -0.05) is 18.2 Å². The number of hydrogen-bond donors (Lipinski definition) is 2. The highest BCUT2D eigenvalue weighted by Crippen LogP contribution is 2.39. The van der Waals surface area contributed by atoms with Crippen LogP contribution in [0.15, 0.2) is 71.1 Å². The molecule has 26 heavy (non-hydrogen) atoms. The van der Waals surface area contributed by atoms with Crippen molar-refractivity contribution in [1.82, 2.24) is 0 Å². The van der Waals surface area contributed by atoms with Crippen molar-refractivity contribution in [3.8, 4) is 17.1 Å². The molecule has 0 bridgehead atoms. The largest absolute Gasteiger partial charge is 0.456 e. The summed E-state index contributed by atoms with van der Waals surface area (Å²) in [5, 5.41) is 8.73. The molecule has 2 aliphatic rings. The van der Waals surface area contributed by atoms with E-state index in [1.807, 2.05) is 6.07 Å². The maximum absolute atomic E-state index is 12.5. The Hall–Kier alpha value is -3.31. The van der Waals surface area contributed by atoms with E-state index in [0.717, 1.165) is 0 Å². The van der Waals surface area contributed by atoms with Gasteiger partial charge in [0.2, 0.25) is 0 Å². The molecule has 3 N–H and O–H groups in total. The van der Waals surface area contributed by atoms with Crippen LogP contribution in [0.1, 0.15) is 10.4 Å². The molecule has 0 fully saturated rings. The molecule has 0 saturated heterocycles. The van der Waals surface area contributed by atoms with Crippen molar-refractivity contribution in [1.29, 1.82) is 5.41 Å². The van der Waals surface area contributed by atoms with Gasteiger partial charge < -0.3 is 20.3 Å². The number of fused-ring (bicyclic) bond motifs is 2. The van der Waals surface area contributed by atoms with Gasteiger partial charge in [0.05, 0.1) is 21.9 Å². The fourth-order valence-corrected chi connectivity index (χ4v) is 2.70. The highest BCUT2D eigenvalue weighted by Gasteiger charge is 2.20. The van der Waals surface area contributed by atoms with Crippen molar-refractivity contribution >= 4 is 35.0 Å². The predicted octanol–water partition coefficient (Wildman–Crippen LogP) is 4.24. The molecule has 0 unspecified atom stereocenters. The van der Waals surface area contributed by atoms with Gasteiger partial charge in [0.1, 0.15) is 11.3 Å². The number of carbonyl (C=O) groups excluding carboxylic acids is 1.